The van der Waals surface area contributed by atoms with Crippen molar-refractivity contribution in [3.05, 3.63) is 65.2 Å². The molecule has 2 atom stereocenters. The van der Waals surface area contributed by atoms with E-state index in [4.69, 9.17) is 4.74 Å². The van der Waals surface area contributed by atoms with Crippen molar-refractivity contribution in [2.75, 3.05) is 5.32 Å². The Labute approximate surface area is 179 Å². The van der Waals surface area contributed by atoms with Gasteiger partial charge in [0.05, 0.1) is 10.9 Å². The highest BCUT2D eigenvalue weighted by molar-refractivity contribution is 8.15. The third-order valence-electron chi connectivity index (χ3n) is 4.78. The molecule has 2 N–H and O–H groups in total. The molecule has 1 saturated heterocycles. The topological polar surface area (TPSA) is 97.4 Å². The minimum atomic E-state index is -0.828. The number of amides is 3. The fourth-order valence-electron chi connectivity index (χ4n) is 3.34. The molecule has 9 heteroatoms. The highest BCUT2D eigenvalue weighted by atomic mass is 32.2. The summed E-state index contributed by atoms with van der Waals surface area (Å²) < 4.78 is 5.94. The van der Waals surface area contributed by atoms with E-state index in [1.165, 1.54) is 11.3 Å². The van der Waals surface area contributed by atoms with E-state index in [1.807, 2.05) is 41.8 Å². The lowest BCUT2D eigenvalue weighted by Crippen LogP contribution is -2.30. The lowest BCUT2D eigenvalue weighted by Gasteiger charge is -2.25. The van der Waals surface area contributed by atoms with Crippen LogP contribution in [0, 0.1) is 0 Å². The summed E-state index contributed by atoms with van der Waals surface area (Å²) in [6.07, 6.45) is -0.438. The van der Waals surface area contributed by atoms with Crippen molar-refractivity contribution in [1.29, 1.82) is 0 Å². The molecule has 30 heavy (non-hydrogen) atoms. The normalized spacial score (nSPS) is 20.3. The third kappa shape index (κ3) is 3.57. The molecule has 0 saturated carbocycles. The van der Waals surface area contributed by atoms with Crippen LogP contribution in [0.2, 0.25) is 0 Å². The summed E-state index contributed by atoms with van der Waals surface area (Å²) in [6.45, 7) is 0. The molecule has 0 bridgehead atoms. The highest BCUT2D eigenvalue weighted by Gasteiger charge is 2.33. The number of hydrogen-bond acceptors (Lipinski definition) is 7. The second-order valence-electron chi connectivity index (χ2n) is 6.85. The summed E-state index contributed by atoms with van der Waals surface area (Å²) in [5, 5.41) is 7.01. The van der Waals surface area contributed by atoms with Gasteiger partial charge in [-0.25, -0.2) is 4.98 Å². The Balaban J connectivity index is 1.35. The molecule has 2 aromatic carbocycles. The SMILES string of the molecule is O=C1NC(=O)C(Cc2ccc3c(c2)NC(=O)C(c2csc(-c4ccccc4)n2)O3)S1. The van der Waals surface area contributed by atoms with E-state index in [1.54, 1.807) is 12.1 Å². The number of thiazole rings is 1. The van der Waals surface area contributed by atoms with Gasteiger partial charge in [-0.15, -0.1) is 11.3 Å². The number of thioether (sulfide) groups is 1. The minimum Gasteiger partial charge on any atom is -0.472 e. The summed E-state index contributed by atoms with van der Waals surface area (Å²) >= 11 is 2.44. The van der Waals surface area contributed by atoms with Crippen LogP contribution in [0.1, 0.15) is 17.4 Å². The number of carbonyl (C=O) groups is 3. The van der Waals surface area contributed by atoms with Crippen molar-refractivity contribution in [2.45, 2.75) is 17.8 Å². The molecule has 3 heterocycles. The number of nitrogens with zero attached hydrogens (tertiary/aromatic N) is 1. The molecular formula is C21H15N3O4S2. The van der Waals surface area contributed by atoms with Crippen molar-refractivity contribution in [3.8, 4) is 16.3 Å². The second-order valence-corrected chi connectivity index (χ2v) is 8.88. The van der Waals surface area contributed by atoms with Crippen LogP contribution in [-0.4, -0.2) is 27.3 Å². The quantitative estimate of drug-likeness (QED) is 0.645. The average Bonchev–Trinajstić information content (AvgIpc) is 3.35. The fourth-order valence-corrected chi connectivity index (χ4v) is 5.04. The van der Waals surface area contributed by atoms with Gasteiger partial charge < -0.3 is 10.1 Å². The average molecular weight is 438 g/mol. The van der Waals surface area contributed by atoms with E-state index in [2.05, 4.69) is 15.6 Å². The molecule has 2 unspecified atom stereocenters. The Bertz CT molecular complexity index is 1160. The number of nitrogens with one attached hydrogen (secondary N) is 2. The van der Waals surface area contributed by atoms with E-state index in [0.717, 1.165) is 27.9 Å². The molecule has 0 spiro atoms. The number of anilines is 1. The van der Waals surface area contributed by atoms with Gasteiger partial charge in [-0.3, -0.25) is 19.7 Å². The number of rotatable bonds is 4. The summed E-state index contributed by atoms with van der Waals surface area (Å²) in [5.74, 6) is -0.0502. The Morgan fingerprint density at radius 3 is 2.60 bits per heavy atom. The van der Waals surface area contributed by atoms with Crippen LogP contribution in [0.5, 0.6) is 5.75 Å². The summed E-state index contributed by atoms with van der Waals surface area (Å²) in [4.78, 5) is 40.4. The number of aromatic nitrogens is 1. The molecule has 0 aliphatic carbocycles. The molecule has 2 aliphatic rings. The van der Waals surface area contributed by atoms with Crippen molar-refractivity contribution < 1.29 is 19.1 Å². The van der Waals surface area contributed by atoms with Crippen LogP contribution < -0.4 is 15.4 Å². The first-order valence-corrected chi connectivity index (χ1v) is 11.0. The minimum absolute atomic E-state index is 0.291. The first-order chi connectivity index (χ1) is 14.6. The Kier molecular flexibility index (Phi) is 4.76. The largest absolute Gasteiger partial charge is 0.472 e. The highest BCUT2D eigenvalue weighted by Crippen LogP contribution is 2.37. The van der Waals surface area contributed by atoms with Gasteiger partial charge in [-0.1, -0.05) is 48.2 Å². The van der Waals surface area contributed by atoms with Crippen molar-refractivity contribution >= 4 is 45.8 Å². The molecule has 3 aromatic rings. The van der Waals surface area contributed by atoms with E-state index >= 15 is 0 Å². The van der Waals surface area contributed by atoms with Crippen LogP contribution >= 0.6 is 23.1 Å². The smallest absolute Gasteiger partial charge is 0.286 e. The first kappa shape index (κ1) is 18.8. The van der Waals surface area contributed by atoms with Crippen molar-refractivity contribution in [2.24, 2.45) is 0 Å². The lowest BCUT2D eigenvalue weighted by molar-refractivity contribution is -0.124. The van der Waals surface area contributed by atoms with Crippen LogP contribution in [0.15, 0.2) is 53.9 Å². The molecule has 0 radical (unpaired) electrons. The first-order valence-electron chi connectivity index (χ1n) is 9.19. The van der Waals surface area contributed by atoms with E-state index in [0.29, 0.717) is 23.6 Å². The van der Waals surface area contributed by atoms with Gasteiger partial charge >= 0.3 is 0 Å². The zero-order chi connectivity index (χ0) is 20.7. The van der Waals surface area contributed by atoms with Crippen LogP contribution in [0.3, 0.4) is 0 Å². The van der Waals surface area contributed by atoms with Gasteiger partial charge in [-0.05, 0) is 24.1 Å². The summed E-state index contributed by atoms with van der Waals surface area (Å²) in [6, 6.07) is 15.1. The Morgan fingerprint density at radius 1 is 1.00 bits per heavy atom. The van der Waals surface area contributed by atoms with E-state index in [-0.39, 0.29) is 17.1 Å². The van der Waals surface area contributed by atoms with Gasteiger partial charge in [-0.2, -0.15) is 0 Å². The Morgan fingerprint density at radius 2 is 1.83 bits per heavy atom. The monoisotopic (exact) mass is 437 g/mol. The predicted molar refractivity (Wildman–Crippen MR) is 115 cm³/mol. The predicted octanol–water partition coefficient (Wildman–Crippen LogP) is 3.78. The molecule has 7 nitrogen and oxygen atoms in total. The molecular weight excluding hydrogens is 422 g/mol. The maximum atomic E-state index is 12.7. The molecule has 5 rings (SSSR count). The van der Waals surface area contributed by atoms with Crippen molar-refractivity contribution in [3.63, 3.8) is 0 Å². The maximum Gasteiger partial charge on any atom is 0.286 e. The fraction of sp³-hybridized carbons (Fsp3) is 0.143. The zero-order valence-electron chi connectivity index (χ0n) is 15.5. The van der Waals surface area contributed by atoms with Crippen molar-refractivity contribution in [1.82, 2.24) is 10.3 Å². The van der Waals surface area contributed by atoms with Crippen LogP contribution in [0.25, 0.3) is 10.6 Å². The molecule has 1 fully saturated rings. The van der Waals surface area contributed by atoms with Gasteiger partial charge in [0.15, 0.2) is 0 Å². The molecule has 2 aliphatic heterocycles. The van der Waals surface area contributed by atoms with Gasteiger partial charge in [0.1, 0.15) is 16.5 Å². The van der Waals surface area contributed by atoms with Crippen LogP contribution in [-0.2, 0) is 16.0 Å². The van der Waals surface area contributed by atoms with E-state index < -0.39 is 11.4 Å². The maximum absolute atomic E-state index is 12.7. The molecule has 3 amide bonds. The van der Waals surface area contributed by atoms with Gasteiger partial charge in [0, 0.05) is 10.9 Å². The number of fused-ring (bicyclic) bond motifs is 1. The number of carbonyl (C=O) groups excluding carboxylic acids is 3. The van der Waals surface area contributed by atoms with Crippen LogP contribution in [0.4, 0.5) is 10.5 Å². The number of ether oxygens (including phenoxy) is 1. The lowest BCUT2D eigenvalue weighted by atomic mass is 10.1. The Hall–Kier alpha value is -3.17. The molecule has 1 aromatic heterocycles. The van der Waals surface area contributed by atoms with Gasteiger partial charge in [0.25, 0.3) is 11.1 Å². The zero-order valence-corrected chi connectivity index (χ0v) is 17.1. The standard InChI is InChI=1S/C21H15N3O4S2/c25-18-16(30-21(27)24-18)9-11-6-7-15-13(8-11)22-19(26)17(28-15)14-10-29-20(23-14)12-4-2-1-3-5-12/h1-8,10,16-17H,9H2,(H,22,26)(H,24,25,27). The third-order valence-corrected chi connectivity index (χ3v) is 6.68. The summed E-state index contributed by atoms with van der Waals surface area (Å²) in [5.41, 5.74) is 2.92. The second kappa shape index (κ2) is 7.58. The van der Waals surface area contributed by atoms with E-state index in [9.17, 15) is 14.4 Å². The van der Waals surface area contributed by atoms with Gasteiger partial charge in [0.2, 0.25) is 12.0 Å². The number of benzene rings is 2. The molecule has 150 valence electrons. The number of hydrogen-bond donors (Lipinski definition) is 2. The summed E-state index contributed by atoms with van der Waals surface area (Å²) in [7, 11) is 0. The number of imide groups is 1.